The van der Waals surface area contributed by atoms with Crippen LogP contribution in [0.5, 0.6) is 0 Å². The largest absolute Gasteiger partial charge is 0.378 e. The van der Waals surface area contributed by atoms with Crippen LogP contribution in [0, 0.1) is 6.92 Å². The third kappa shape index (κ3) is 3.20. The lowest BCUT2D eigenvalue weighted by atomic mass is 10.0. The molecule has 2 rings (SSSR count). The molecule has 0 amide bonds. The van der Waals surface area contributed by atoms with E-state index in [1.54, 1.807) is 0 Å². The maximum absolute atomic E-state index is 4.05. The summed E-state index contributed by atoms with van der Waals surface area (Å²) in [6, 6.07) is 12.7. The van der Waals surface area contributed by atoms with Crippen LogP contribution in [-0.2, 0) is 0 Å². The van der Waals surface area contributed by atoms with Gasteiger partial charge in [-0.1, -0.05) is 23.8 Å². The van der Waals surface area contributed by atoms with Gasteiger partial charge < -0.3 is 5.32 Å². The number of anilines is 1. The maximum Gasteiger partial charge on any atom is 0.0549 e. The lowest BCUT2D eigenvalue weighted by Crippen LogP contribution is -2.09. The van der Waals surface area contributed by atoms with Gasteiger partial charge in [0, 0.05) is 18.1 Å². The zero-order valence-corrected chi connectivity index (χ0v) is 10.6. The number of nitrogens with one attached hydrogen (secondary N) is 1. The molecule has 2 aromatic rings. The Kier molecular flexibility index (Phi) is 4.13. The quantitative estimate of drug-likeness (QED) is 0.793. The highest BCUT2D eigenvalue weighted by molar-refractivity contribution is 5.46. The van der Waals surface area contributed by atoms with Gasteiger partial charge in [0.25, 0.3) is 0 Å². The Morgan fingerprint density at radius 3 is 2.44 bits per heavy atom. The smallest absolute Gasteiger partial charge is 0.0549 e. The monoisotopic (exact) mass is 238 g/mol. The van der Waals surface area contributed by atoms with Gasteiger partial charge in [-0.25, -0.2) is 0 Å². The molecule has 0 spiro atoms. The van der Waals surface area contributed by atoms with E-state index in [-0.39, 0.29) is 6.04 Å². The van der Waals surface area contributed by atoms with Crippen LogP contribution in [0.25, 0.3) is 0 Å². The second kappa shape index (κ2) is 6.01. The van der Waals surface area contributed by atoms with Crippen molar-refractivity contribution in [3.63, 3.8) is 0 Å². The molecular formula is C16H18N2. The minimum absolute atomic E-state index is 0.244. The van der Waals surface area contributed by atoms with Gasteiger partial charge in [0.05, 0.1) is 6.04 Å². The van der Waals surface area contributed by atoms with E-state index in [0.717, 1.165) is 12.1 Å². The van der Waals surface area contributed by atoms with Crippen LogP contribution < -0.4 is 5.32 Å². The first-order valence-corrected chi connectivity index (χ1v) is 6.13. The van der Waals surface area contributed by atoms with Crippen LogP contribution in [0.4, 0.5) is 5.69 Å². The minimum atomic E-state index is 0.244. The fourth-order valence-electron chi connectivity index (χ4n) is 1.89. The summed E-state index contributed by atoms with van der Waals surface area (Å²) in [5, 5.41) is 3.52. The van der Waals surface area contributed by atoms with E-state index in [4.69, 9.17) is 0 Å². The number of hydrogen-bond acceptors (Lipinski definition) is 2. The van der Waals surface area contributed by atoms with E-state index >= 15 is 0 Å². The molecule has 18 heavy (non-hydrogen) atoms. The highest BCUT2D eigenvalue weighted by Crippen LogP contribution is 2.22. The zero-order valence-electron chi connectivity index (χ0n) is 10.6. The average Bonchev–Trinajstić information content (AvgIpc) is 2.42. The van der Waals surface area contributed by atoms with Crippen molar-refractivity contribution in [2.75, 3.05) is 5.32 Å². The fourth-order valence-corrected chi connectivity index (χ4v) is 1.89. The highest BCUT2D eigenvalue weighted by Gasteiger charge is 2.08. The summed E-state index contributed by atoms with van der Waals surface area (Å²) in [4.78, 5) is 4.05. The molecule has 1 unspecified atom stereocenters. The molecule has 92 valence electrons. The van der Waals surface area contributed by atoms with Crippen molar-refractivity contribution in [3.05, 3.63) is 72.6 Å². The summed E-state index contributed by atoms with van der Waals surface area (Å²) in [5.41, 5.74) is 3.62. The van der Waals surface area contributed by atoms with Crippen molar-refractivity contribution >= 4 is 5.69 Å². The third-order valence-electron chi connectivity index (χ3n) is 2.90. The summed E-state index contributed by atoms with van der Waals surface area (Å²) < 4.78 is 0. The van der Waals surface area contributed by atoms with Crippen LogP contribution >= 0.6 is 0 Å². The average molecular weight is 238 g/mol. The van der Waals surface area contributed by atoms with Crippen molar-refractivity contribution in [1.82, 2.24) is 4.98 Å². The standard InChI is InChI=1S/C16H18N2/c1-3-4-16(14-9-11-17-12-10-14)18-15-7-5-13(2)6-8-15/h3,5-12,16,18H,1,4H2,2H3. The van der Waals surface area contributed by atoms with Crippen molar-refractivity contribution in [1.29, 1.82) is 0 Å². The molecule has 0 fully saturated rings. The Morgan fingerprint density at radius 1 is 1.17 bits per heavy atom. The topological polar surface area (TPSA) is 24.9 Å². The zero-order chi connectivity index (χ0) is 12.8. The second-order valence-electron chi connectivity index (χ2n) is 4.37. The number of pyridine rings is 1. The molecule has 0 bridgehead atoms. The molecule has 0 aliphatic heterocycles. The van der Waals surface area contributed by atoms with Crippen molar-refractivity contribution in [2.45, 2.75) is 19.4 Å². The van der Waals surface area contributed by atoms with E-state index < -0.39 is 0 Å². The Labute approximate surface area is 108 Å². The molecule has 0 radical (unpaired) electrons. The van der Waals surface area contributed by atoms with E-state index in [0.29, 0.717) is 0 Å². The number of benzene rings is 1. The summed E-state index contributed by atoms with van der Waals surface area (Å²) in [6.07, 6.45) is 6.47. The summed E-state index contributed by atoms with van der Waals surface area (Å²) in [5.74, 6) is 0. The molecule has 2 nitrogen and oxygen atoms in total. The molecule has 0 aliphatic carbocycles. The normalized spacial score (nSPS) is 11.8. The predicted octanol–water partition coefficient (Wildman–Crippen LogP) is 4.12. The molecule has 1 aromatic heterocycles. The lowest BCUT2D eigenvalue weighted by molar-refractivity contribution is 0.796. The van der Waals surface area contributed by atoms with E-state index in [9.17, 15) is 0 Å². The fraction of sp³-hybridized carbons (Fsp3) is 0.188. The number of hydrogen-bond donors (Lipinski definition) is 1. The number of aryl methyl sites for hydroxylation is 1. The molecule has 0 saturated carbocycles. The van der Waals surface area contributed by atoms with E-state index in [1.807, 2.05) is 30.6 Å². The summed E-state index contributed by atoms with van der Waals surface area (Å²) in [6.45, 7) is 5.92. The van der Waals surface area contributed by atoms with Gasteiger partial charge in [0.15, 0.2) is 0 Å². The van der Waals surface area contributed by atoms with Crippen LogP contribution in [0.2, 0.25) is 0 Å². The van der Waals surface area contributed by atoms with Gasteiger partial charge in [0.2, 0.25) is 0 Å². The maximum atomic E-state index is 4.05. The Balaban J connectivity index is 2.16. The van der Waals surface area contributed by atoms with Crippen molar-refractivity contribution < 1.29 is 0 Å². The Morgan fingerprint density at radius 2 is 1.83 bits per heavy atom. The van der Waals surface area contributed by atoms with Gasteiger partial charge >= 0.3 is 0 Å². The first-order chi connectivity index (χ1) is 8.79. The number of aromatic nitrogens is 1. The SMILES string of the molecule is C=CCC(Nc1ccc(C)cc1)c1ccncc1. The van der Waals surface area contributed by atoms with Crippen LogP contribution in [0.15, 0.2) is 61.4 Å². The Hall–Kier alpha value is -2.09. The second-order valence-corrected chi connectivity index (χ2v) is 4.37. The number of nitrogens with zero attached hydrogens (tertiary/aromatic N) is 1. The molecule has 1 atom stereocenters. The highest BCUT2D eigenvalue weighted by atomic mass is 14.9. The molecule has 0 saturated heterocycles. The molecule has 1 aromatic carbocycles. The predicted molar refractivity (Wildman–Crippen MR) is 76.6 cm³/mol. The van der Waals surface area contributed by atoms with Crippen molar-refractivity contribution in [2.24, 2.45) is 0 Å². The number of rotatable bonds is 5. The molecule has 1 N–H and O–H groups in total. The lowest BCUT2D eigenvalue weighted by Gasteiger charge is -2.19. The van der Waals surface area contributed by atoms with Gasteiger partial charge in [-0.15, -0.1) is 6.58 Å². The van der Waals surface area contributed by atoms with E-state index in [1.165, 1.54) is 11.1 Å². The molecule has 1 heterocycles. The minimum Gasteiger partial charge on any atom is -0.378 e. The van der Waals surface area contributed by atoms with Gasteiger partial charge in [-0.3, -0.25) is 4.98 Å². The van der Waals surface area contributed by atoms with Gasteiger partial charge in [-0.05, 0) is 43.2 Å². The van der Waals surface area contributed by atoms with Crippen LogP contribution in [0.3, 0.4) is 0 Å². The van der Waals surface area contributed by atoms with Gasteiger partial charge in [0.1, 0.15) is 0 Å². The van der Waals surface area contributed by atoms with Crippen LogP contribution in [0.1, 0.15) is 23.6 Å². The Bertz CT molecular complexity index is 488. The van der Waals surface area contributed by atoms with Gasteiger partial charge in [-0.2, -0.15) is 0 Å². The molecule has 2 heteroatoms. The first-order valence-electron chi connectivity index (χ1n) is 6.13. The summed E-state index contributed by atoms with van der Waals surface area (Å²) in [7, 11) is 0. The van der Waals surface area contributed by atoms with Crippen LogP contribution in [-0.4, -0.2) is 4.98 Å². The summed E-state index contributed by atoms with van der Waals surface area (Å²) >= 11 is 0. The molecule has 0 aliphatic rings. The van der Waals surface area contributed by atoms with Crippen molar-refractivity contribution in [3.8, 4) is 0 Å². The third-order valence-corrected chi connectivity index (χ3v) is 2.90. The van der Waals surface area contributed by atoms with E-state index in [2.05, 4.69) is 48.1 Å². The molecular weight excluding hydrogens is 220 g/mol. The first kappa shape index (κ1) is 12.4.